The van der Waals surface area contributed by atoms with Crippen LogP contribution in [0, 0.1) is 0 Å². The Morgan fingerprint density at radius 1 is 1.04 bits per heavy atom. The molecule has 2 aromatic carbocycles. The van der Waals surface area contributed by atoms with Gasteiger partial charge in [-0.2, -0.15) is 5.10 Å². The molecule has 0 aliphatic carbocycles. The predicted octanol–water partition coefficient (Wildman–Crippen LogP) is 2.70. The zero-order valence-electron chi connectivity index (χ0n) is 14.6. The zero-order valence-corrected chi connectivity index (χ0v) is 14.6. The molecule has 0 atom stereocenters. The van der Waals surface area contributed by atoms with Crippen molar-refractivity contribution in [2.24, 2.45) is 0 Å². The molecule has 6 nitrogen and oxygen atoms in total. The summed E-state index contributed by atoms with van der Waals surface area (Å²) in [5.41, 5.74) is 2.77. The van der Waals surface area contributed by atoms with E-state index in [1.165, 1.54) is 6.07 Å². The van der Waals surface area contributed by atoms with E-state index in [-0.39, 0.29) is 11.5 Å². The number of benzene rings is 2. The molecule has 0 saturated carbocycles. The molecule has 2 heterocycles. The highest BCUT2D eigenvalue weighted by atomic mass is 16.2. The summed E-state index contributed by atoms with van der Waals surface area (Å²) < 4.78 is 1.83. The standard InChI is InChI=1S/C21H18N4O2/c26-20-10-18(17-8-4-5-9-19(17)24-20)21(27)22-11-16-12-23-25(14-16)13-15-6-2-1-3-7-15/h1-10,12,14H,11,13H2,(H,22,27)(H,24,26). The maximum absolute atomic E-state index is 12.6. The largest absolute Gasteiger partial charge is 0.348 e. The molecule has 0 spiro atoms. The predicted molar refractivity (Wildman–Crippen MR) is 104 cm³/mol. The van der Waals surface area contributed by atoms with Gasteiger partial charge in [0.05, 0.1) is 18.3 Å². The number of hydrogen-bond donors (Lipinski definition) is 2. The van der Waals surface area contributed by atoms with Gasteiger partial charge in [0.15, 0.2) is 0 Å². The normalized spacial score (nSPS) is 10.8. The van der Waals surface area contributed by atoms with E-state index in [0.717, 1.165) is 16.5 Å². The summed E-state index contributed by atoms with van der Waals surface area (Å²) >= 11 is 0. The SMILES string of the molecule is O=C(NCc1cnn(Cc2ccccc2)c1)c1cc(=O)[nH]c2ccccc12. The zero-order chi connectivity index (χ0) is 18.6. The fraction of sp³-hybridized carbons (Fsp3) is 0.0952. The number of carbonyl (C=O) groups is 1. The van der Waals surface area contributed by atoms with Gasteiger partial charge >= 0.3 is 0 Å². The number of amides is 1. The van der Waals surface area contributed by atoms with Crippen molar-refractivity contribution in [3.8, 4) is 0 Å². The van der Waals surface area contributed by atoms with Crippen molar-refractivity contribution in [2.45, 2.75) is 13.1 Å². The lowest BCUT2D eigenvalue weighted by Crippen LogP contribution is -2.24. The molecule has 0 saturated heterocycles. The number of fused-ring (bicyclic) bond motifs is 1. The second-order valence-corrected chi connectivity index (χ2v) is 6.31. The summed E-state index contributed by atoms with van der Waals surface area (Å²) in [5.74, 6) is -0.284. The molecule has 134 valence electrons. The molecule has 0 unspecified atom stereocenters. The number of nitrogens with zero attached hydrogens (tertiary/aromatic N) is 2. The number of pyridine rings is 1. The van der Waals surface area contributed by atoms with E-state index in [2.05, 4.69) is 15.4 Å². The first-order valence-corrected chi connectivity index (χ1v) is 8.64. The lowest BCUT2D eigenvalue weighted by molar-refractivity contribution is 0.0952. The van der Waals surface area contributed by atoms with Crippen LogP contribution in [-0.4, -0.2) is 20.7 Å². The van der Waals surface area contributed by atoms with E-state index in [0.29, 0.717) is 24.2 Å². The van der Waals surface area contributed by atoms with Crippen LogP contribution in [0.1, 0.15) is 21.5 Å². The van der Waals surface area contributed by atoms with Crippen LogP contribution < -0.4 is 10.9 Å². The second kappa shape index (κ2) is 7.29. The number of hydrogen-bond acceptors (Lipinski definition) is 3. The number of aromatic nitrogens is 3. The third-order valence-corrected chi connectivity index (χ3v) is 4.32. The summed E-state index contributed by atoms with van der Waals surface area (Å²) in [6.07, 6.45) is 3.64. The molecular weight excluding hydrogens is 340 g/mol. The Morgan fingerprint density at radius 3 is 2.67 bits per heavy atom. The maximum Gasteiger partial charge on any atom is 0.252 e. The van der Waals surface area contributed by atoms with E-state index in [4.69, 9.17) is 0 Å². The maximum atomic E-state index is 12.6. The average molecular weight is 358 g/mol. The van der Waals surface area contributed by atoms with Crippen LogP contribution in [0.5, 0.6) is 0 Å². The number of para-hydroxylation sites is 1. The molecule has 0 fully saturated rings. The molecule has 4 rings (SSSR count). The van der Waals surface area contributed by atoms with Crippen LogP contribution in [0.15, 0.2) is 77.9 Å². The molecule has 0 aliphatic rings. The Labute approximate surface area is 155 Å². The monoisotopic (exact) mass is 358 g/mol. The highest BCUT2D eigenvalue weighted by molar-refractivity contribution is 6.05. The summed E-state index contributed by atoms with van der Waals surface area (Å²) in [6.45, 7) is 1.02. The molecule has 0 bridgehead atoms. The van der Waals surface area contributed by atoms with Gasteiger partial charge in [0, 0.05) is 35.3 Å². The smallest absolute Gasteiger partial charge is 0.252 e. The summed E-state index contributed by atoms with van der Waals surface area (Å²) in [5, 5.41) is 7.92. The Hall–Kier alpha value is -3.67. The number of carbonyl (C=O) groups excluding carboxylic acids is 1. The molecule has 27 heavy (non-hydrogen) atoms. The minimum Gasteiger partial charge on any atom is -0.348 e. The molecule has 4 aromatic rings. The van der Waals surface area contributed by atoms with Gasteiger partial charge in [-0.3, -0.25) is 14.3 Å². The Kier molecular flexibility index (Phi) is 4.53. The third-order valence-electron chi connectivity index (χ3n) is 4.32. The van der Waals surface area contributed by atoms with Gasteiger partial charge in [-0.05, 0) is 11.6 Å². The van der Waals surface area contributed by atoms with Crippen LogP contribution >= 0.6 is 0 Å². The molecule has 0 radical (unpaired) electrons. The van der Waals surface area contributed by atoms with Gasteiger partial charge in [0.2, 0.25) is 5.56 Å². The van der Waals surface area contributed by atoms with Gasteiger partial charge in [-0.15, -0.1) is 0 Å². The highest BCUT2D eigenvalue weighted by Crippen LogP contribution is 2.14. The first-order valence-electron chi connectivity index (χ1n) is 8.64. The fourth-order valence-corrected chi connectivity index (χ4v) is 3.02. The van der Waals surface area contributed by atoms with E-state index >= 15 is 0 Å². The van der Waals surface area contributed by atoms with Gasteiger partial charge in [0.1, 0.15) is 0 Å². The lowest BCUT2D eigenvalue weighted by Gasteiger charge is -2.07. The highest BCUT2D eigenvalue weighted by Gasteiger charge is 2.11. The first kappa shape index (κ1) is 16.8. The van der Waals surface area contributed by atoms with Gasteiger partial charge in [-0.25, -0.2) is 0 Å². The number of H-pyrrole nitrogens is 1. The summed E-state index contributed by atoms with van der Waals surface area (Å²) in [4.78, 5) is 27.1. The van der Waals surface area contributed by atoms with Crippen LogP contribution in [0.2, 0.25) is 0 Å². The molecule has 0 aliphatic heterocycles. The quantitative estimate of drug-likeness (QED) is 0.576. The second-order valence-electron chi connectivity index (χ2n) is 6.31. The third kappa shape index (κ3) is 3.79. The summed E-state index contributed by atoms with van der Waals surface area (Å²) in [7, 11) is 0. The number of rotatable bonds is 5. The van der Waals surface area contributed by atoms with Gasteiger partial charge < -0.3 is 10.3 Å². The van der Waals surface area contributed by atoms with Crippen molar-refractivity contribution < 1.29 is 4.79 Å². The van der Waals surface area contributed by atoms with Crippen molar-refractivity contribution in [3.63, 3.8) is 0 Å². The minimum absolute atomic E-state index is 0.284. The van der Waals surface area contributed by atoms with Gasteiger partial charge in [-0.1, -0.05) is 48.5 Å². The average Bonchev–Trinajstić information content (AvgIpc) is 3.13. The fourth-order valence-electron chi connectivity index (χ4n) is 3.02. The van der Waals surface area contributed by atoms with Crippen LogP contribution in [0.25, 0.3) is 10.9 Å². The van der Waals surface area contributed by atoms with Crippen molar-refractivity contribution in [2.75, 3.05) is 0 Å². The van der Waals surface area contributed by atoms with Crippen molar-refractivity contribution in [1.82, 2.24) is 20.1 Å². The van der Waals surface area contributed by atoms with Crippen molar-refractivity contribution in [1.29, 1.82) is 0 Å². The first-order chi connectivity index (χ1) is 13.2. The van der Waals surface area contributed by atoms with Crippen LogP contribution in [0.4, 0.5) is 0 Å². The van der Waals surface area contributed by atoms with Crippen molar-refractivity contribution in [3.05, 3.63) is 100 Å². The van der Waals surface area contributed by atoms with Crippen molar-refractivity contribution >= 4 is 16.8 Å². The van der Waals surface area contributed by atoms with Crippen LogP contribution in [0.3, 0.4) is 0 Å². The topological polar surface area (TPSA) is 79.8 Å². The van der Waals surface area contributed by atoms with Crippen LogP contribution in [-0.2, 0) is 13.1 Å². The molecule has 2 N–H and O–H groups in total. The van der Waals surface area contributed by atoms with E-state index in [9.17, 15) is 9.59 Å². The van der Waals surface area contributed by atoms with Gasteiger partial charge in [0.25, 0.3) is 5.91 Å². The van der Waals surface area contributed by atoms with E-state index < -0.39 is 0 Å². The van der Waals surface area contributed by atoms with E-state index in [1.807, 2.05) is 59.4 Å². The Bertz CT molecular complexity index is 1150. The Balaban J connectivity index is 1.47. The lowest BCUT2D eigenvalue weighted by atomic mass is 10.1. The summed E-state index contributed by atoms with van der Waals surface area (Å²) in [6, 6.07) is 18.6. The number of nitrogens with one attached hydrogen (secondary N) is 2. The Morgan fingerprint density at radius 2 is 1.81 bits per heavy atom. The molecular formula is C21H18N4O2. The number of aromatic amines is 1. The minimum atomic E-state index is -0.297. The molecule has 6 heteroatoms. The molecule has 2 aromatic heterocycles. The molecule has 1 amide bonds. The van der Waals surface area contributed by atoms with E-state index in [1.54, 1.807) is 12.3 Å².